The van der Waals surface area contributed by atoms with Gasteiger partial charge in [0, 0.05) is 18.7 Å². The van der Waals surface area contributed by atoms with Crippen LogP contribution in [0.4, 0.5) is 0 Å². The van der Waals surface area contributed by atoms with Crippen LogP contribution in [0.2, 0.25) is 0 Å². The minimum absolute atomic E-state index is 0.128. The van der Waals surface area contributed by atoms with E-state index < -0.39 is 10.0 Å². The van der Waals surface area contributed by atoms with E-state index in [4.69, 9.17) is 0 Å². The number of carbonyl (C=O) groups excluding carboxylic acids is 1. The first-order chi connectivity index (χ1) is 14.7. The Hall–Kier alpha value is -2.18. The minimum atomic E-state index is -3.60. The molecule has 2 aromatic rings. The molecule has 0 saturated carbocycles. The van der Waals surface area contributed by atoms with Gasteiger partial charge in [0.25, 0.3) is 5.91 Å². The molecular formula is C25H34N2O3S. The summed E-state index contributed by atoms with van der Waals surface area (Å²) in [6.07, 6.45) is 2.54. The lowest BCUT2D eigenvalue weighted by Crippen LogP contribution is -2.38. The van der Waals surface area contributed by atoms with Crippen molar-refractivity contribution in [2.24, 2.45) is 11.8 Å². The van der Waals surface area contributed by atoms with Crippen molar-refractivity contribution < 1.29 is 13.2 Å². The molecule has 1 saturated heterocycles. The molecule has 0 bridgehead atoms. The molecule has 5 nitrogen and oxygen atoms in total. The highest BCUT2D eigenvalue weighted by Crippen LogP contribution is 2.26. The van der Waals surface area contributed by atoms with Gasteiger partial charge in [-0.15, -0.1) is 0 Å². The largest absolute Gasteiger partial charge is 0.345 e. The van der Waals surface area contributed by atoms with Gasteiger partial charge in [-0.1, -0.05) is 57.2 Å². The van der Waals surface area contributed by atoms with Crippen molar-refractivity contribution in [2.45, 2.75) is 57.9 Å². The van der Waals surface area contributed by atoms with Crippen LogP contribution in [0.1, 0.15) is 67.6 Å². The van der Waals surface area contributed by atoms with Gasteiger partial charge in [0.05, 0.1) is 10.9 Å². The Labute approximate surface area is 186 Å². The molecule has 1 aliphatic heterocycles. The quantitative estimate of drug-likeness (QED) is 0.661. The fourth-order valence-corrected chi connectivity index (χ4v) is 5.55. The minimum Gasteiger partial charge on any atom is -0.345 e. The van der Waals surface area contributed by atoms with E-state index in [-0.39, 0.29) is 16.8 Å². The predicted octanol–water partition coefficient (Wildman–Crippen LogP) is 4.93. The summed E-state index contributed by atoms with van der Waals surface area (Å²) in [6.45, 7) is 9.30. The molecule has 3 rings (SSSR count). The summed E-state index contributed by atoms with van der Waals surface area (Å²) in [7, 11) is -3.60. The third-order valence-electron chi connectivity index (χ3n) is 6.05. The molecule has 168 valence electrons. The molecule has 6 heteroatoms. The normalized spacial score (nSPS) is 16.9. The lowest BCUT2D eigenvalue weighted by atomic mass is 9.96. The van der Waals surface area contributed by atoms with Gasteiger partial charge in [-0.25, -0.2) is 8.42 Å². The number of nitrogens with one attached hydrogen (secondary N) is 1. The van der Waals surface area contributed by atoms with Crippen LogP contribution in [0, 0.1) is 18.8 Å². The smallest absolute Gasteiger partial charge is 0.252 e. The van der Waals surface area contributed by atoms with E-state index in [9.17, 15) is 13.2 Å². The van der Waals surface area contributed by atoms with E-state index in [2.05, 4.69) is 26.1 Å². The van der Waals surface area contributed by atoms with Gasteiger partial charge in [-0.05, 0) is 61.3 Å². The zero-order valence-corrected chi connectivity index (χ0v) is 19.8. The fourth-order valence-electron chi connectivity index (χ4n) is 4.05. The Bertz CT molecular complexity index is 995. The SMILES string of the molecule is Cc1ccc(S(=O)(=O)N2CCC(C)CC2)cc1C(=O)N[C@@H](CC(C)C)c1ccccc1. The predicted molar refractivity (Wildman–Crippen MR) is 124 cm³/mol. The van der Waals surface area contributed by atoms with Gasteiger partial charge in [-0.3, -0.25) is 4.79 Å². The maximum atomic E-state index is 13.2. The van der Waals surface area contributed by atoms with Crippen molar-refractivity contribution >= 4 is 15.9 Å². The van der Waals surface area contributed by atoms with Gasteiger partial charge in [-0.2, -0.15) is 4.31 Å². The van der Waals surface area contributed by atoms with Crippen LogP contribution >= 0.6 is 0 Å². The van der Waals surface area contributed by atoms with Gasteiger partial charge < -0.3 is 5.32 Å². The summed E-state index contributed by atoms with van der Waals surface area (Å²) in [4.78, 5) is 13.4. The lowest BCUT2D eigenvalue weighted by molar-refractivity contribution is 0.0931. The number of rotatable bonds is 7. The molecule has 1 amide bonds. The highest BCUT2D eigenvalue weighted by molar-refractivity contribution is 7.89. The molecule has 1 heterocycles. The molecule has 1 atom stereocenters. The summed E-state index contributed by atoms with van der Waals surface area (Å²) in [5, 5.41) is 3.14. The Morgan fingerprint density at radius 1 is 1.10 bits per heavy atom. The number of amides is 1. The second kappa shape index (κ2) is 9.96. The third-order valence-corrected chi connectivity index (χ3v) is 7.94. The molecule has 1 N–H and O–H groups in total. The summed E-state index contributed by atoms with van der Waals surface area (Å²) in [5.41, 5.74) is 2.23. The van der Waals surface area contributed by atoms with Crippen LogP contribution in [0.15, 0.2) is 53.4 Å². The molecule has 0 spiro atoms. The monoisotopic (exact) mass is 442 g/mol. The number of hydrogen-bond donors (Lipinski definition) is 1. The second-order valence-electron chi connectivity index (χ2n) is 9.13. The molecule has 0 aliphatic carbocycles. The Balaban J connectivity index is 1.85. The Kier molecular flexibility index (Phi) is 7.55. The molecule has 2 aromatic carbocycles. The van der Waals surface area contributed by atoms with E-state index in [1.54, 1.807) is 16.4 Å². The topological polar surface area (TPSA) is 66.5 Å². The highest BCUT2D eigenvalue weighted by atomic mass is 32.2. The van der Waals surface area contributed by atoms with Crippen molar-refractivity contribution in [3.8, 4) is 0 Å². The number of aryl methyl sites for hydroxylation is 1. The average Bonchev–Trinajstić information content (AvgIpc) is 2.74. The number of hydrogen-bond acceptors (Lipinski definition) is 3. The molecule has 0 aromatic heterocycles. The molecule has 0 unspecified atom stereocenters. The van der Waals surface area contributed by atoms with Crippen LogP contribution in [0.3, 0.4) is 0 Å². The zero-order chi connectivity index (χ0) is 22.6. The lowest BCUT2D eigenvalue weighted by Gasteiger charge is -2.29. The van der Waals surface area contributed by atoms with E-state index in [0.29, 0.717) is 30.5 Å². The molecule has 1 fully saturated rings. The zero-order valence-electron chi connectivity index (χ0n) is 19.0. The van der Waals surface area contributed by atoms with Crippen LogP contribution < -0.4 is 5.32 Å². The van der Waals surface area contributed by atoms with Crippen LogP contribution in [0.25, 0.3) is 0 Å². The fraction of sp³-hybridized carbons (Fsp3) is 0.480. The molecule has 0 radical (unpaired) electrons. The van der Waals surface area contributed by atoms with Crippen molar-refractivity contribution in [3.63, 3.8) is 0 Å². The maximum absolute atomic E-state index is 13.2. The standard InChI is InChI=1S/C25H34N2O3S/c1-18(2)16-24(21-8-6-5-7-9-21)26-25(28)23-17-22(11-10-20(23)4)31(29,30)27-14-12-19(3)13-15-27/h5-11,17-19,24H,12-16H2,1-4H3,(H,26,28)/t24-/m0/s1. The average molecular weight is 443 g/mol. The van der Waals surface area contributed by atoms with Gasteiger partial charge in [0.15, 0.2) is 0 Å². The van der Waals surface area contributed by atoms with Gasteiger partial charge in [0.1, 0.15) is 0 Å². The van der Waals surface area contributed by atoms with E-state index >= 15 is 0 Å². The first-order valence-corrected chi connectivity index (χ1v) is 12.6. The van der Waals surface area contributed by atoms with Crippen molar-refractivity contribution in [3.05, 3.63) is 65.2 Å². The Morgan fingerprint density at radius 3 is 2.35 bits per heavy atom. The number of nitrogens with zero attached hydrogens (tertiary/aromatic N) is 1. The number of carbonyl (C=O) groups is 1. The van der Waals surface area contributed by atoms with Crippen LogP contribution in [-0.2, 0) is 10.0 Å². The summed E-state index contributed by atoms with van der Waals surface area (Å²) in [5.74, 6) is 0.706. The van der Waals surface area contributed by atoms with Crippen molar-refractivity contribution in [1.29, 1.82) is 0 Å². The maximum Gasteiger partial charge on any atom is 0.252 e. The van der Waals surface area contributed by atoms with Gasteiger partial charge in [0.2, 0.25) is 10.0 Å². The first-order valence-electron chi connectivity index (χ1n) is 11.1. The first kappa shape index (κ1) is 23.5. The van der Waals surface area contributed by atoms with Gasteiger partial charge >= 0.3 is 0 Å². The van der Waals surface area contributed by atoms with Crippen molar-refractivity contribution in [1.82, 2.24) is 9.62 Å². The molecular weight excluding hydrogens is 408 g/mol. The Morgan fingerprint density at radius 2 is 1.74 bits per heavy atom. The van der Waals surface area contributed by atoms with Crippen LogP contribution in [-0.4, -0.2) is 31.7 Å². The third kappa shape index (κ3) is 5.74. The van der Waals surface area contributed by atoms with E-state index in [1.807, 2.05) is 37.3 Å². The van der Waals surface area contributed by atoms with E-state index in [0.717, 1.165) is 30.4 Å². The number of sulfonamides is 1. The summed E-state index contributed by atoms with van der Waals surface area (Å²) >= 11 is 0. The number of benzene rings is 2. The van der Waals surface area contributed by atoms with E-state index in [1.165, 1.54) is 6.07 Å². The van der Waals surface area contributed by atoms with Crippen molar-refractivity contribution in [2.75, 3.05) is 13.1 Å². The second-order valence-corrected chi connectivity index (χ2v) is 11.1. The van der Waals surface area contributed by atoms with Crippen LogP contribution in [0.5, 0.6) is 0 Å². The highest BCUT2D eigenvalue weighted by Gasteiger charge is 2.29. The molecule has 1 aliphatic rings. The summed E-state index contributed by atoms with van der Waals surface area (Å²) < 4.78 is 27.9. The summed E-state index contributed by atoms with van der Waals surface area (Å²) in [6, 6.07) is 14.7. The molecule has 31 heavy (non-hydrogen) atoms. The number of piperidine rings is 1.